The molecule has 0 saturated carbocycles. The van der Waals surface area contributed by atoms with Crippen LogP contribution in [0.1, 0.15) is 12.5 Å². The lowest BCUT2D eigenvalue weighted by atomic mass is 10.2. The molecule has 0 aliphatic rings. The van der Waals surface area contributed by atoms with E-state index in [4.69, 9.17) is 4.74 Å². The number of nitrogens with one attached hydrogen (secondary N) is 1. The van der Waals surface area contributed by atoms with E-state index in [0.29, 0.717) is 6.61 Å². The highest BCUT2D eigenvalue weighted by atomic mass is 16.5. The lowest BCUT2D eigenvalue weighted by Gasteiger charge is -2.20. The highest BCUT2D eigenvalue weighted by molar-refractivity contribution is 5.79. The second-order valence-corrected chi connectivity index (χ2v) is 3.73. The third-order valence-electron chi connectivity index (χ3n) is 2.45. The number of benzene rings is 1. The first-order valence-corrected chi connectivity index (χ1v) is 5.78. The molecular weight excluding hydrogens is 214 g/mol. The molecular formula is C13H21N3O. The normalized spacial score (nSPS) is 11.2. The van der Waals surface area contributed by atoms with Crippen molar-refractivity contribution in [1.82, 2.24) is 10.2 Å². The maximum atomic E-state index is 5.41. The average Bonchev–Trinajstić information content (AvgIpc) is 2.33. The summed E-state index contributed by atoms with van der Waals surface area (Å²) in [6.45, 7) is 3.50. The lowest BCUT2D eigenvalue weighted by molar-refractivity contribution is 0.340. The van der Waals surface area contributed by atoms with Crippen LogP contribution >= 0.6 is 0 Å². The van der Waals surface area contributed by atoms with Crippen molar-refractivity contribution in [2.75, 3.05) is 27.7 Å². The van der Waals surface area contributed by atoms with Crippen LogP contribution in [0.2, 0.25) is 0 Å². The third kappa shape index (κ3) is 3.98. The van der Waals surface area contributed by atoms with Crippen molar-refractivity contribution in [3.63, 3.8) is 0 Å². The molecule has 1 aromatic carbocycles. The fourth-order valence-electron chi connectivity index (χ4n) is 1.68. The zero-order valence-electron chi connectivity index (χ0n) is 11.0. The van der Waals surface area contributed by atoms with Gasteiger partial charge in [-0.25, -0.2) is 0 Å². The van der Waals surface area contributed by atoms with Gasteiger partial charge in [0.05, 0.1) is 6.61 Å². The Morgan fingerprint density at radius 1 is 1.35 bits per heavy atom. The summed E-state index contributed by atoms with van der Waals surface area (Å²) in [7, 11) is 5.66. The van der Waals surface area contributed by atoms with Crippen molar-refractivity contribution in [2.45, 2.75) is 13.5 Å². The van der Waals surface area contributed by atoms with Crippen LogP contribution in [0.5, 0.6) is 5.75 Å². The van der Waals surface area contributed by atoms with Gasteiger partial charge in [-0.1, -0.05) is 12.1 Å². The molecule has 0 radical (unpaired) electrons. The van der Waals surface area contributed by atoms with Crippen LogP contribution < -0.4 is 10.1 Å². The largest absolute Gasteiger partial charge is 0.494 e. The molecule has 94 valence electrons. The number of aliphatic imine (C=N–C) groups is 1. The topological polar surface area (TPSA) is 36.9 Å². The Morgan fingerprint density at radius 2 is 2.00 bits per heavy atom. The Labute approximate surface area is 103 Å². The average molecular weight is 235 g/mol. The van der Waals surface area contributed by atoms with Crippen molar-refractivity contribution in [3.8, 4) is 5.75 Å². The number of rotatable bonds is 4. The minimum atomic E-state index is 0.700. The molecule has 0 atom stereocenters. The molecule has 0 amide bonds. The minimum absolute atomic E-state index is 0.700. The molecule has 0 bridgehead atoms. The van der Waals surface area contributed by atoms with E-state index < -0.39 is 0 Å². The van der Waals surface area contributed by atoms with Gasteiger partial charge in [-0.3, -0.25) is 4.99 Å². The van der Waals surface area contributed by atoms with Crippen LogP contribution in [-0.2, 0) is 6.54 Å². The van der Waals surface area contributed by atoms with Gasteiger partial charge >= 0.3 is 0 Å². The van der Waals surface area contributed by atoms with E-state index >= 15 is 0 Å². The summed E-state index contributed by atoms with van der Waals surface area (Å²) >= 11 is 0. The van der Waals surface area contributed by atoms with Gasteiger partial charge in [-0.15, -0.1) is 0 Å². The van der Waals surface area contributed by atoms with Gasteiger partial charge in [0.2, 0.25) is 0 Å². The number of nitrogens with zero attached hydrogens (tertiary/aromatic N) is 2. The Hall–Kier alpha value is -1.71. The second-order valence-electron chi connectivity index (χ2n) is 3.73. The molecule has 0 fully saturated rings. The van der Waals surface area contributed by atoms with Gasteiger partial charge in [0, 0.05) is 27.7 Å². The van der Waals surface area contributed by atoms with Crippen molar-refractivity contribution in [3.05, 3.63) is 29.8 Å². The maximum absolute atomic E-state index is 5.41. The van der Waals surface area contributed by atoms with Gasteiger partial charge in [-0.05, 0) is 24.6 Å². The van der Waals surface area contributed by atoms with E-state index in [1.54, 1.807) is 7.05 Å². The molecule has 4 heteroatoms. The van der Waals surface area contributed by atoms with Crippen LogP contribution in [0, 0.1) is 0 Å². The molecule has 0 unspecified atom stereocenters. The summed E-state index contributed by atoms with van der Waals surface area (Å²) in [5.74, 6) is 1.79. The predicted octanol–water partition coefficient (Wildman–Crippen LogP) is 1.72. The van der Waals surface area contributed by atoms with Crippen molar-refractivity contribution >= 4 is 5.96 Å². The van der Waals surface area contributed by atoms with Gasteiger partial charge in [-0.2, -0.15) is 0 Å². The Morgan fingerprint density at radius 3 is 2.47 bits per heavy atom. The molecule has 0 aliphatic heterocycles. The SMILES string of the molecule is CCOc1ccc(CN(C)C(=NC)NC)cc1. The van der Waals surface area contributed by atoms with E-state index in [-0.39, 0.29) is 0 Å². The first kappa shape index (κ1) is 13.4. The summed E-state index contributed by atoms with van der Waals surface area (Å²) in [4.78, 5) is 6.22. The fraction of sp³-hybridized carbons (Fsp3) is 0.462. The Kier molecular flexibility index (Phi) is 5.33. The summed E-state index contributed by atoms with van der Waals surface area (Å²) in [6.07, 6.45) is 0. The first-order chi connectivity index (χ1) is 8.21. The van der Waals surface area contributed by atoms with Gasteiger partial charge < -0.3 is 15.0 Å². The van der Waals surface area contributed by atoms with E-state index in [1.807, 2.05) is 33.2 Å². The monoisotopic (exact) mass is 235 g/mol. The van der Waals surface area contributed by atoms with Crippen LogP contribution in [0.4, 0.5) is 0 Å². The molecule has 1 rings (SSSR count). The predicted molar refractivity (Wildman–Crippen MR) is 71.5 cm³/mol. The molecule has 17 heavy (non-hydrogen) atoms. The van der Waals surface area contributed by atoms with Gasteiger partial charge in [0.15, 0.2) is 5.96 Å². The third-order valence-corrected chi connectivity index (χ3v) is 2.45. The summed E-state index contributed by atoms with van der Waals surface area (Å²) in [5.41, 5.74) is 1.23. The second kappa shape index (κ2) is 6.78. The molecule has 0 heterocycles. The number of hydrogen-bond donors (Lipinski definition) is 1. The quantitative estimate of drug-likeness (QED) is 0.638. The van der Waals surface area contributed by atoms with Crippen LogP contribution in [0.25, 0.3) is 0 Å². The van der Waals surface area contributed by atoms with E-state index in [0.717, 1.165) is 18.3 Å². The van der Waals surface area contributed by atoms with Crippen molar-refractivity contribution in [1.29, 1.82) is 0 Å². The van der Waals surface area contributed by atoms with Crippen LogP contribution in [0.3, 0.4) is 0 Å². The number of ether oxygens (including phenoxy) is 1. The van der Waals surface area contributed by atoms with Crippen LogP contribution in [-0.4, -0.2) is 38.6 Å². The van der Waals surface area contributed by atoms with Gasteiger partial charge in [0.25, 0.3) is 0 Å². The van der Waals surface area contributed by atoms with E-state index in [1.165, 1.54) is 5.56 Å². The smallest absolute Gasteiger partial charge is 0.193 e. The molecule has 0 aliphatic carbocycles. The highest BCUT2D eigenvalue weighted by Gasteiger charge is 2.04. The minimum Gasteiger partial charge on any atom is -0.494 e. The fourth-order valence-corrected chi connectivity index (χ4v) is 1.68. The van der Waals surface area contributed by atoms with Gasteiger partial charge in [0.1, 0.15) is 5.75 Å². The Balaban J connectivity index is 2.62. The molecule has 0 saturated heterocycles. The molecule has 1 N–H and O–H groups in total. The van der Waals surface area contributed by atoms with E-state index in [9.17, 15) is 0 Å². The first-order valence-electron chi connectivity index (χ1n) is 5.78. The molecule has 0 aromatic heterocycles. The molecule has 4 nitrogen and oxygen atoms in total. The van der Waals surface area contributed by atoms with Crippen LogP contribution in [0.15, 0.2) is 29.3 Å². The lowest BCUT2D eigenvalue weighted by Crippen LogP contribution is -2.36. The highest BCUT2D eigenvalue weighted by Crippen LogP contribution is 2.13. The molecule has 1 aromatic rings. The summed E-state index contributed by atoms with van der Waals surface area (Å²) < 4.78 is 5.41. The maximum Gasteiger partial charge on any atom is 0.193 e. The number of hydrogen-bond acceptors (Lipinski definition) is 2. The van der Waals surface area contributed by atoms with E-state index in [2.05, 4.69) is 27.3 Å². The van der Waals surface area contributed by atoms with Crippen molar-refractivity contribution < 1.29 is 4.74 Å². The summed E-state index contributed by atoms with van der Waals surface area (Å²) in [5, 5.41) is 3.05. The standard InChI is InChI=1S/C13H21N3O/c1-5-17-12-8-6-11(7-9-12)10-16(4)13(14-2)15-3/h6-9H,5,10H2,1-4H3,(H,14,15). The number of guanidine groups is 1. The molecule has 0 spiro atoms. The summed E-state index contributed by atoms with van der Waals surface area (Å²) in [6, 6.07) is 8.14. The zero-order chi connectivity index (χ0) is 12.7. The zero-order valence-corrected chi connectivity index (χ0v) is 11.0. The van der Waals surface area contributed by atoms with Crippen molar-refractivity contribution in [2.24, 2.45) is 4.99 Å². The Bertz CT molecular complexity index is 359.